The molecule has 1 rings (SSSR count). The Hall–Kier alpha value is -0.300. The number of hydrogen-bond donors (Lipinski definition) is 0. The van der Waals surface area contributed by atoms with Crippen molar-refractivity contribution in [3.05, 3.63) is 12.7 Å². The van der Waals surface area contributed by atoms with E-state index in [1.807, 2.05) is 6.08 Å². The molecule has 0 bridgehead atoms. The quantitative estimate of drug-likeness (QED) is 0.468. The Morgan fingerprint density at radius 1 is 1.75 bits per heavy atom. The molecule has 1 fully saturated rings. The van der Waals surface area contributed by atoms with E-state index < -0.39 is 0 Å². The first-order valence-electron chi connectivity index (χ1n) is 3.08. The molecule has 0 aromatic rings. The molecule has 0 aliphatic carbocycles. The number of ether oxygens (including phenoxy) is 1. The van der Waals surface area contributed by atoms with Crippen LogP contribution >= 0.6 is 0 Å². The molecule has 2 unspecified atom stereocenters. The lowest BCUT2D eigenvalue weighted by atomic mass is 10.0. The van der Waals surface area contributed by atoms with E-state index in [2.05, 4.69) is 13.5 Å². The third-order valence-corrected chi connectivity index (χ3v) is 1.74. The average Bonchev–Trinajstić information content (AvgIpc) is 2.14. The first-order valence-corrected chi connectivity index (χ1v) is 3.08. The Bertz CT molecular complexity index is 88.4. The molecule has 1 heteroatoms. The summed E-state index contributed by atoms with van der Waals surface area (Å²) in [6.45, 7) is 6.72. The van der Waals surface area contributed by atoms with Gasteiger partial charge < -0.3 is 4.74 Å². The van der Waals surface area contributed by atoms with E-state index in [1.54, 1.807) is 0 Å². The summed E-state index contributed by atoms with van der Waals surface area (Å²) < 4.78 is 5.29. The van der Waals surface area contributed by atoms with Crippen LogP contribution < -0.4 is 0 Å². The molecule has 46 valence electrons. The molecule has 1 nitrogen and oxygen atoms in total. The summed E-state index contributed by atoms with van der Waals surface area (Å²) in [5, 5.41) is 0. The maximum absolute atomic E-state index is 5.29. The van der Waals surface area contributed by atoms with Crippen molar-refractivity contribution in [1.29, 1.82) is 0 Å². The summed E-state index contributed by atoms with van der Waals surface area (Å²) >= 11 is 0. The van der Waals surface area contributed by atoms with Crippen LogP contribution in [0.3, 0.4) is 0 Å². The zero-order chi connectivity index (χ0) is 5.98. The fourth-order valence-electron chi connectivity index (χ4n) is 1.06. The van der Waals surface area contributed by atoms with Crippen LogP contribution in [0.15, 0.2) is 12.7 Å². The normalized spacial score (nSPS) is 37.6. The Morgan fingerprint density at radius 2 is 2.50 bits per heavy atom. The fraction of sp³-hybridized carbons (Fsp3) is 0.714. The summed E-state index contributed by atoms with van der Waals surface area (Å²) in [4.78, 5) is 0. The molecule has 1 aliphatic heterocycles. The van der Waals surface area contributed by atoms with Crippen LogP contribution in [0.25, 0.3) is 0 Å². The highest BCUT2D eigenvalue weighted by Gasteiger charge is 2.20. The van der Waals surface area contributed by atoms with E-state index in [1.165, 1.54) is 0 Å². The monoisotopic (exact) mass is 112 g/mol. The van der Waals surface area contributed by atoms with Crippen LogP contribution in [0.5, 0.6) is 0 Å². The van der Waals surface area contributed by atoms with Gasteiger partial charge in [0.25, 0.3) is 0 Å². The molecule has 1 heterocycles. The Labute approximate surface area is 50.3 Å². The Kier molecular flexibility index (Phi) is 1.69. The van der Waals surface area contributed by atoms with E-state index in [0.717, 1.165) is 13.0 Å². The van der Waals surface area contributed by atoms with Crippen molar-refractivity contribution in [3.63, 3.8) is 0 Å². The van der Waals surface area contributed by atoms with Crippen LogP contribution in [0, 0.1) is 5.92 Å². The standard InChI is InChI=1S/C7H12O/c1-3-7-4-5-8-6(7)2/h3,6-7H,1,4-5H2,2H3. The molecule has 0 amide bonds. The topological polar surface area (TPSA) is 9.23 Å². The molecule has 8 heavy (non-hydrogen) atoms. The molecule has 0 saturated carbocycles. The Balaban J connectivity index is 2.41. The largest absolute Gasteiger partial charge is 0.378 e. The van der Waals surface area contributed by atoms with E-state index in [9.17, 15) is 0 Å². The van der Waals surface area contributed by atoms with Crippen molar-refractivity contribution in [2.24, 2.45) is 5.92 Å². The second-order valence-corrected chi connectivity index (χ2v) is 2.26. The average molecular weight is 112 g/mol. The molecule has 0 aromatic heterocycles. The van der Waals surface area contributed by atoms with Crippen molar-refractivity contribution >= 4 is 0 Å². The van der Waals surface area contributed by atoms with Gasteiger partial charge in [-0.1, -0.05) is 6.08 Å². The van der Waals surface area contributed by atoms with Crippen LogP contribution in [0.1, 0.15) is 13.3 Å². The smallest absolute Gasteiger partial charge is 0.0610 e. The van der Waals surface area contributed by atoms with E-state index in [4.69, 9.17) is 4.74 Å². The van der Waals surface area contributed by atoms with Gasteiger partial charge in [-0.25, -0.2) is 0 Å². The second-order valence-electron chi connectivity index (χ2n) is 2.26. The fourth-order valence-corrected chi connectivity index (χ4v) is 1.06. The third kappa shape index (κ3) is 0.920. The lowest BCUT2D eigenvalue weighted by Crippen LogP contribution is -2.07. The van der Waals surface area contributed by atoms with Gasteiger partial charge in [0.1, 0.15) is 0 Å². The minimum Gasteiger partial charge on any atom is -0.378 e. The van der Waals surface area contributed by atoms with E-state index in [-0.39, 0.29) is 0 Å². The Morgan fingerprint density at radius 3 is 2.75 bits per heavy atom. The molecule has 0 aromatic carbocycles. The van der Waals surface area contributed by atoms with Crippen molar-refractivity contribution in [3.8, 4) is 0 Å². The van der Waals surface area contributed by atoms with Crippen LogP contribution in [-0.2, 0) is 4.74 Å². The molecule has 1 aliphatic rings. The van der Waals surface area contributed by atoms with Gasteiger partial charge in [0.05, 0.1) is 6.10 Å². The predicted octanol–water partition coefficient (Wildman–Crippen LogP) is 1.60. The van der Waals surface area contributed by atoms with Gasteiger partial charge in [-0.3, -0.25) is 0 Å². The SMILES string of the molecule is C=CC1CCOC1C. The molecule has 0 radical (unpaired) electrons. The highest BCUT2D eigenvalue weighted by Crippen LogP contribution is 2.20. The first-order chi connectivity index (χ1) is 3.84. The van der Waals surface area contributed by atoms with Gasteiger partial charge in [-0.2, -0.15) is 0 Å². The van der Waals surface area contributed by atoms with E-state index >= 15 is 0 Å². The third-order valence-electron chi connectivity index (χ3n) is 1.74. The highest BCUT2D eigenvalue weighted by molar-refractivity contribution is 4.86. The number of rotatable bonds is 1. The zero-order valence-corrected chi connectivity index (χ0v) is 5.26. The lowest BCUT2D eigenvalue weighted by molar-refractivity contribution is 0.114. The minimum atomic E-state index is 0.410. The molecule has 0 spiro atoms. The summed E-state index contributed by atoms with van der Waals surface area (Å²) in [6.07, 6.45) is 3.55. The van der Waals surface area contributed by atoms with Gasteiger partial charge in [0.2, 0.25) is 0 Å². The molecule has 2 atom stereocenters. The second kappa shape index (κ2) is 2.31. The summed E-state index contributed by atoms with van der Waals surface area (Å²) in [5.41, 5.74) is 0. The predicted molar refractivity (Wildman–Crippen MR) is 33.7 cm³/mol. The maximum Gasteiger partial charge on any atom is 0.0610 e. The summed E-state index contributed by atoms with van der Waals surface area (Å²) in [6, 6.07) is 0. The summed E-state index contributed by atoms with van der Waals surface area (Å²) in [7, 11) is 0. The molecule has 0 N–H and O–H groups in total. The van der Waals surface area contributed by atoms with Gasteiger partial charge in [0.15, 0.2) is 0 Å². The molecule has 1 saturated heterocycles. The van der Waals surface area contributed by atoms with E-state index in [0.29, 0.717) is 12.0 Å². The van der Waals surface area contributed by atoms with Crippen molar-refractivity contribution in [2.75, 3.05) is 6.61 Å². The van der Waals surface area contributed by atoms with Crippen LogP contribution in [0.2, 0.25) is 0 Å². The van der Waals surface area contributed by atoms with Gasteiger partial charge in [-0.15, -0.1) is 6.58 Å². The van der Waals surface area contributed by atoms with Crippen molar-refractivity contribution in [1.82, 2.24) is 0 Å². The van der Waals surface area contributed by atoms with Gasteiger partial charge in [0, 0.05) is 12.5 Å². The highest BCUT2D eigenvalue weighted by atomic mass is 16.5. The molecular weight excluding hydrogens is 100 g/mol. The van der Waals surface area contributed by atoms with Crippen molar-refractivity contribution < 1.29 is 4.74 Å². The minimum absolute atomic E-state index is 0.410. The maximum atomic E-state index is 5.29. The van der Waals surface area contributed by atoms with Crippen LogP contribution in [-0.4, -0.2) is 12.7 Å². The number of hydrogen-bond acceptors (Lipinski definition) is 1. The summed E-state index contributed by atoms with van der Waals surface area (Å²) in [5.74, 6) is 0.606. The van der Waals surface area contributed by atoms with Crippen molar-refractivity contribution in [2.45, 2.75) is 19.4 Å². The van der Waals surface area contributed by atoms with Gasteiger partial charge in [-0.05, 0) is 13.3 Å². The lowest BCUT2D eigenvalue weighted by Gasteiger charge is -2.06. The van der Waals surface area contributed by atoms with Gasteiger partial charge >= 0.3 is 0 Å². The molecular formula is C7H12O. The zero-order valence-electron chi connectivity index (χ0n) is 5.26. The van der Waals surface area contributed by atoms with Crippen LogP contribution in [0.4, 0.5) is 0 Å². The first kappa shape index (κ1) is 5.83.